The molecule has 0 bridgehead atoms. The van der Waals surface area contributed by atoms with Crippen LogP contribution in [0, 0.1) is 0 Å². The quantitative estimate of drug-likeness (QED) is 0.358. The lowest BCUT2D eigenvalue weighted by Crippen LogP contribution is -2.02. The van der Waals surface area contributed by atoms with E-state index in [1.807, 2.05) is 0 Å². The van der Waals surface area contributed by atoms with Gasteiger partial charge in [0.15, 0.2) is 0 Å². The largest absolute Gasteiger partial charge is 0.527 e. The molecule has 0 aliphatic carbocycles. The predicted molar refractivity (Wildman–Crippen MR) is 49.6 cm³/mol. The van der Waals surface area contributed by atoms with Crippen LogP contribution < -0.4 is 0 Å². The number of hydrogen-bond acceptors (Lipinski definition) is 5. The summed E-state index contributed by atoms with van der Waals surface area (Å²) in [6.07, 6.45) is 1.12. The SMILES string of the molecule is O=C(C=C(CCO)CCO)OP(=O)(O)O. The average Bonchev–Trinajstić information content (AvgIpc) is 2.00. The van der Waals surface area contributed by atoms with Crippen LogP contribution >= 0.6 is 7.82 Å². The standard InChI is InChI=1S/C7H13O7P/c8-3-1-6(2-4-9)5-7(10)14-15(11,12)13/h5,8-9H,1-4H2,(H2,11,12,13). The van der Waals surface area contributed by atoms with Crippen molar-refractivity contribution < 1.29 is 33.9 Å². The second kappa shape index (κ2) is 6.71. The lowest BCUT2D eigenvalue weighted by molar-refractivity contribution is -0.130. The number of aliphatic hydroxyl groups excluding tert-OH is 2. The Hall–Kier alpha value is -0.720. The molecule has 15 heavy (non-hydrogen) atoms. The normalized spacial score (nSPS) is 10.9. The number of carbonyl (C=O) groups excluding carboxylic acids is 1. The Labute approximate surface area is 86.2 Å². The van der Waals surface area contributed by atoms with Gasteiger partial charge in [-0.15, -0.1) is 0 Å². The van der Waals surface area contributed by atoms with Crippen LogP contribution in [0.3, 0.4) is 0 Å². The fourth-order valence-corrected chi connectivity index (χ4v) is 1.15. The molecule has 0 aliphatic rings. The van der Waals surface area contributed by atoms with Crippen molar-refractivity contribution in [1.82, 2.24) is 0 Å². The highest BCUT2D eigenvalue weighted by Gasteiger charge is 2.19. The van der Waals surface area contributed by atoms with Crippen molar-refractivity contribution in [3.05, 3.63) is 11.6 Å². The average molecular weight is 240 g/mol. The van der Waals surface area contributed by atoms with Crippen LogP contribution in [0.2, 0.25) is 0 Å². The van der Waals surface area contributed by atoms with Crippen molar-refractivity contribution in [3.8, 4) is 0 Å². The van der Waals surface area contributed by atoms with E-state index in [-0.39, 0.29) is 26.1 Å². The van der Waals surface area contributed by atoms with E-state index in [2.05, 4.69) is 4.52 Å². The van der Waals surface area contributed by atoms with Gasteiger partial charge in [-0.3, -0.25) is 9.79 Å². The van der Waals surface area contributed by atoms with Crippen molar-refractivity contribution in [2.24, 2.45) is 0 Å². The van der Waals surface area contributed by atoms with Gasteiger partial charge in [0.2, 0.25) is 0 Å². The third-order valence-electron chi connectivity index (χ3n) is 1.40. The third kappa shape index (κ3) is 8.29. The van der Waals surface area contributed by atoms with E-state index in [9.17, 15) is 9.36 Å². The summed E-state index contributed by atoms with van der Waals surface area (Å²) >= 11 is 0. The molecule has 88 valence electrons. The first kappa shape index (κ1) is 14.3. The van der Waals surface area contributed by atoms with Gasteiger partial charge in [-0.2, -0.15) is 0 Å². The summed E-state index contributed by atoms with van der Waals surface area (Å²) < 4.78 is 14.0. The highest BCUT2D eigenvalue weighted by atomic mass is 31.2. The van der Waals surface area contributed by atoms with Crippen molar-refractivity contribution in [3.63, 3.8) is 0 Å². The number of phosphoric acid groups is 1. The molecule has 0 aromatic heterocycles. The van der Waals surface area contributed by atoms with E-state index in [4.69, 9.17) is 20.0 Å². The van der Waals surface area contributed by atoms with Gasteiger partial charge in [0.1, 0.15) is 0 Å². The van der Waals surface area contributed by atoms with Gasteiger partial charge in [-0.05, 0) is 12.8 Å². The van der Waals surface area contributed by atoms with E-state index in [1.165, 1.54) is 0 Å². The number of hydrogen-bond donors (Lipinski definition) is 4. The summed E-state index contributed by atoms with van der Waals surface area (Å²) in [5.74, 6) is -1.19. The molecule has 0 fully saturated rings. The third-order valence-corrected chi connectivity index (χ3v) is 1.81. The van der Waals surface area contributed by atoms with E-state index in [0.29, 0.717) is 5.57 Å². The van der Waals surface area contributed by atoms with Crippen molar-refractivity contribution >= 4 is 13.8 Å². The summed E-state index contributed by atoms with van der Waals surface area (Å²) in [6.45, 7) is -0.454. The van der Waals surface area contributed by atoms with Gasteiger partial charge >= 0.3 is 13.8 Å². The molecule has 0 aromatic rings. The maximum Gasteiger partial charge on any atom is 0.527 e. The molecule has 0 rings (SSSR count). The minimum Gasteiger partial charge on any atom is -0.396 e. The molecular weight excluding hydrogens is 227 g/mol. The second-order valence-corrected chi connectivity index (χ2v) is 3.81. The molecule has 0 unspecified atom stereocenters. The molecule has 8 heteroatoms. The minimum atomic E-state index is -4.84. The maximum absolute atomic E-state index is 10.9. The Kier molecular flexibility index (Phi) is 6.38. The van der Waals surface area contributed by atoms with Gasteiger partial charge < -0.3 is 14.7 Å². The van der Waals surface area contributed by atoms with Crippen molar-refractivity contribution in [2.45, 2.75) is 12.8 Å². The van der Waals surface area contributed by atoms with Crippen LogP contribution in [0.15, 0.2) is 11.6 Å². The summed E-state index contributed by atoms with van der Waals surface area (Å²) in [5, 5.41) is 17.2. The minimum absolute atomic E-state index is 0.136. The molecule has 7 nitrogen and oxygen atoms in total. The second-order valence-electron chi connectivity index (χ2n) is 2.65. The van der Waals surface area contributed by atoms with E-state index in [0.717, 1.165) is 6.08 Å². The molecule has 0 aliphatic heterocycles. The Bertz CT molecular complexity index is 271. The Balaban J connectivity index is 4.39. The smallest absolute Gasteiger partial charge is 0.396 e. The molecule has 0 atom stereocenters. The zero-order valence-corrected chi connectivity index (χ0v) is 8.76. The highest BCUT2D eigenvalue weighted by molar-refractivity contribution is 7.46. The van der Waals surface area contributed by atoms with Crippen LogP contribution in [0.25, 0.3) is 0 Å². The zero-order chi connectivity index (χ0) is 11.9. The Morgan fingerprint density at radius 3 is 2.00 bits per heavy atom. The first-order chi connectivity index (χ1) is 6.89. The van der Waals surface area contributed by atoms with Crippen LogP contribution in [-0.2, 0) is 13.9 Å². The summed E-state index contributed by atoms with van der Waals surface area (Å²) in [5.41, 5.74) is 0.360. The molecular formula is C7H13O7P. The van der Waals surface area contributed by atoms with Crippen LogP contribution in [-0.4, -0.2) is 39.2 Å². The van der Waals surface area contributed by atoms with Gasteiger partial charge in [0, 0.05) is 19.3 Å². The topological polar surface area (TPSA) is 124 Å². The Morgan fingerprint density at radius 2 is 1.67 bits per heavy atom. The number of aliphatic hydroxyl groups is 2. The molecule has 0 saturated heterocycles. The lowest BCUT2D eigenvalue weighted by atomic mass is 10.1. The Morgan fingerprint density at radius 1 is 1.20 bits per heavy atom. The van der Waals surface area contributed by atoms with Crippen LogP contribution in [0.5, 0.6) is 0 Å². The number of carbonyl (C=O) groups is 1. The summed E-state index contributed by atoms with van der Waals surface area (Å²) in [7, 11) is -4.84. The van der Waals surface area contributed by atoms with Crippen LogP contribution in [0.4, 0.5) is 0 Å². The maximum atomic E-state index is 10.9. The number of rotatable bonds is 6. The fourth-order valence-electron chi connectivity index (χ4n) is 0.867. The number of phosphoric ester groups is 1. The predicted octanol–water partition coefficient (Wildman–Crippen LogP) is -0.687. The van der Waals surface area contributed by atoms with Crippen molar-refractivity contribution in [1.29, 1.82) is 0 Å². The van der Waals surface area contributed by atoms with Gasteiger partial charge in [0.05, 0.1) is 0 Å². The molecule has 0 radical (unpaired) electrons. The van der Waals surface area contributed by atoms with Crippen LogP contribution in [0.1, 0.15) is 12.8 Å². The van der Waals surface area contributed by atoms with E-state index in [1.54, 1.807) is 0 Å². The molecule has 0 aromatic carbocycles. The van der Waals surface area contributed by atoms with E-state index < -0.39 is 13.8 Å². The van der Waals surface area contributed by atoms with Gasteiger partial charge in [0.25, 0.3) is 0 Å². The van der Waals surface area contributed by atoms with Gasteiger partial charge in [-0.25, -0.2) is 9.36 Å². The fraction of sp³-hybridized carbons (Fsp3) is 0.571. The highest BCUT2D eigenvalue weighted by Crippen LogP contribution is 2.36. The molecule has 0 spiro atoms. The zero-order valence-electron chi connectivity index (χ0n) is 7.87. The van der Waals surface area contributed by atoms with Crippen molar-refractivity contribution in [2.75, 3.05) is 13.2 Å². The first-order valence-electron chi connectivity index (χ1n) is 4.09. The molecule has 0 amide bonds. The first-order valence-corrected chi connectivity index (χ1v) is 5.62. The molecule has 4 N–H and O–H groups in total. The summed E-state index contributed by atoms with van der Waals surface area (Å²) in [6, 6.07) is 0. The monoisotopic (exact) mass is 240 g/mol. The lowest BCUT2D eigenvalue weighted by Gasteiger charge is -2.05. The molecule has 0 saturated carbocycles. The summed E-state index contributed by atoms with van der Waals surface area (Å²) in [4.78, 5) is 27.5. The van der Waals surface area contributed by atoms with Gasteiger partial charge in [-0.1, -0.05) is 5.57 Å². The molecule has 0 heterocycles. The van der Waals surface area contributed by atoms with E-state index >= 15 is 0 Å².